The predicted molar refractivity (Wildman–Crippen MR) is 188 cm³/mol. The van der Waals surface area contributed by atoms with Gasteiger partial charge in [-0.05, 0) is 68.1 Å². The largest absolute Gasteiger partial charge is 0.508 e. The van der Waals surface area contributed by atoms with E-state index >= 15 is 0 Å². The van der Waals surface area contributed by atoms with Gasteiger partial charge in [-0.2, -0.15) is 5.26 Å². The molecule has 1 aliphatic rings. The van der Waals surface area contributed by atoms with Gasteiger partial charge < -0.3 is 14.9 Å². The van der Waals surface area contributed by atoms with Crippen LogP contribution in [0.3, 0.4) is 0 Å². The molecule has 0 amide bonds. The van der Waals surface area contributed by atoms with Crippen LogP contribution in [0.25, 0.3) is 10.8 Å². The number of aromatic hydroxyl groups is 2. The first kappa shape index (κ1) is 32.9. The summed E-state index contributed by atoms with van der Waals surface area (Å²) in [5, 5.41) is 33.0. The van der Waals surface area contributed by atoms with Crippen molar-refractivity contribution in [2.24, 2.45) is 0 Å². The third kappa shape index (κ3) is 6.30. The van der Waals surface area contributed by atoms with E-state index in [0.717, 1.165) is 49.9 Å². The van der Waals surface area contributed by atoms with E-state index in [0.29, 0.717) is 10.8 Å². The molecule has 5 heteroatoms. The maximum absolute atomic E-state index is 11.6. The van der Waals surface area contributed by atoms with Gasteiger partial charge in [0.15, 0.2) is 0 Å². The Labute approximate surface area is 277 Å². The van der Waals surface area contributed by atoms with Crippen LogP contribution in [0.2, 0.25) is 5.02 Å². The summed E-state index contributed by atoms with van der Waals surface area (Å²) in [5.74, 6) is 0.938. The minimum atomic E-state index is -0.519. The van der Waals surface area contributed by atoms with Crippen molar-refractivity contribution in [2.45, 2.75) is 77.2 Å². The van der Waals surface area contributed by atoms with E-state index in [4.69, 9.17) is 21.6 Å². The second-order valence-corrected chi connectivity index (χ2v) is 14.5. The Morgan fingerprint density at radius 3 is 1.98 bits per heavy atom. The number of hydrogen-bond donors (Lipinski definition) is 2. The van der Waals surface area contributed by atoms with Gasteiger partial charge in [0, 0.05) is 34.9 Å². The van der Waals surface area contributed by atoms with Crippen LogP contribution in [-0.4, -0.2) is 10.2 Å². The number of fused-ring (bicyclic) bond motifs is 2. The zero-order valence-corrected chi connectivity index (χ0v) is 28.4. The second-order valence-electron chi connectivity index (χ2n) is 14.0. The van der Waals surface area contributed by atoms with Gasteiger partial charge in [-0.1, -0.05) is 126 Å². The molecule has 0 radical (unpaired) electrons. The summed E-state index contributed by atoms with van der Waals surface area (Å²) >= 11 is 6.65. The summed E-state index contributed by atoms with van der Waals surface area (Å²) in [7, 11) is 0. The number of nitriles is 1. The quantitative estimate of drug-likeness (QED) is 0.208. The molecule has 0 fully saturated rings. The first-order valence-electron chi connectivity index (χ1n) is 15.7. The number of ether oxygens (including phenoxy) is 1. The molecular weight excluding hydrogens is 590 g/mol. The average Bonchev–Trinajstić information content (AvgIpc) is 2.99. The SMILES string of the molecule is CC#N.CC(C)(C)c1cc([C@@H]2c3ccccc3O[C@@H](c3c(O)ccc4ccccc34)[C@@H]2c2cccc(Cl)c2)cc(C(C)(C)C)c1O. The second kappa shape index (κ2) is 12.7. The van der Waals surface area contributed by atoms with Crippen molar-refractivity contribution in [3.63, 3.8) is 0 Å². The first-order valence-corrected chi connectivity index (χ1v) is 16.0. The molecule has 0 saturated carbocycles. The zero-order valence-electron chi connectivity index (χ0n) is 27.6. The van der Waals surface area contributed by atoms with E-state index in [1.165, 1.54) is 6.92 Å². The molecule has 2 N–H and O–H groups in total. The lowest BCUT2D eigenvalue weighted by atomic mass is 9.68. The van der Waals surface area contributed by atoms with Crippen LogP contribution < -0.4 is 4.74 Å². The van der Waals surface area contributed by atoms with Crippen molar-refractivity contribution < 1.29 is 14.9 Å². The Hall–Kier alpha value is -4.46. The number of para-hydroxylation sites is 1. The van der Waals surface area contributed by atoms with Crippen LogP contribution in [0.5, 0.6) is 17.2 Å². The highest BCUT2D eigenvalue weighted by molar-refractivity contribution is 6.30. The van der Waals surface area contributed by atoms with Gasteiger partial charge in [-0.25, -0.2) is 0 Å². The summed E-state index contributed by atoms with van der Waals surface area (Å²) < 4.78 is 6.93. The zero-order chi connectivity index (χ0) is 33.4. The van der Waals surface area contributed by atoms with E-state index in [9.17, 15) is 10.2 Å². The lowest BCUT2D eigenvalue weighted by Crippen LogP contribution is -2.30. The number of benzene rings is 5. The normalized spacial score (nSPS) is 17.7. The molecule has 0 spiro atoms. The van der Waals surface area contributed by atoms with Gasteiger partial charge in [-0.15, -0.1) is 0 Å². The number of nitrogens with zero attached hydrogens (tertiary/aromatic N) is 1. The summed E-state index contributed by atoms with van der Waals surface area (Å²) in [5.41, 5.74) is 5.18. The lowest BCUT2D eigenvalue weighted by Gasteiger charge is -2.42. The van der Waals surface area contributed by atoms with Crippen LogP contribution in [0, 0.1) is 11.3 Å². The minimum absolute atomic E-state index is 0.158. The van der Waals surface area contributed by atoms with Crippen molar-refractivity contribution in [1.29, 1.82) is 5.26 Å². The molecular formula is C41H42ClNO3. The van der Waals surface area contributed by atoms with Crippen molar-refractivity contribution in [2.75, 3.05) is 0 Å². The fraction of sp³-hybridized carbons (Fsp3) is 0.293. The maximum Gasteiger partial charge on any atom is 0.136 e. The number of halogens is 1. The summed E-state index contributed by atoms with van der Waals surface area (Å²) in [4.78, 5) is 0. The molecule has 1 heterocycles. The van der Waals surface area contributed by atoms with E-state index in [1.54, 1.807) is 12.1 Å². The Morgan fingerprint density at radius 1 is 0.739 bits per heavy atom. The van der Waals surface area contributed by atoms with Gasteiger partial charge in [0.05, 0.1) is 6.07 Å². The Kier molecular flexibility index (Phi) is 9.12. The number of phenolic OH excluding ortho intramolecular Hbond substituents is 2. The number of rotatable bonds is 3. The van der Waals surface area contributed by atoms with E-state index in [1.807, 2.05) is 54.6 Å². The molecule has 4 nitrogen and oxygen atoms in total. The number of phenols is 2. The maximum atomic E-state index is 11.6. The molecule has 0 bridgehead atoms. The molecule has 0 unspecified atom stereocenters. The van der Waals surface area contributed by atoms with Gasteiger partial charge in [0.2, 0.25) is 0 Å². The van der Waals surface area contributed by atoms with Crippen molar-refractivity contribution in [1.82, 2.24) is 0 Å². The number of hydrogen-bond acceptors (Lipinski definition) is 4. The third-order valence-electron chi connectivity index (χ3n) is 8.77. The molecule has 0 aromatic heterocycles. The van der Waals surface area contributed by atoms with E-state index < -0.39 is 6.10 Å². The average molecular weight is 632 g/mol. The van der Waals surface area contributed by atoms with Crippen LogP contribution >= 0.6 is 11.6 Å². The molecule has 0 aliphatic carbocycles. The monoisotopic (exact) mass is 631 g/mol. The fourth-order valence-electron chi connectivity index (χ4n) is 6.69. The molecule has 0 saturated heterocycles. The predicted octanol–water partition coefficient (Wildman–Crippen LogP) is 11.1. The molecule has 5 aromatic rings. The standard InChI is InChI=1S/C39H39ClO3.C2H3N/c1-38(2,3)29-21-25(22-30(36(29)42)39(4,5)6)33-28-16-9-10-17-32(28)43-37(34(33)24-13-11-14-26(40)20-24)35-27-15-8-7-12-23(27)18-19-31(35)41;1-2-3/h7-22,33-34,37,41-42H,1-6H3;1H3/t33-,34-,37-;/m1./s1. The van der Waals surface area contributed by atoms with Gasteiger partial charge >= 0.3 is 0 Å². The van der Waals surface area contributed by atoms with E-state index in [2.05, 4.69) is 77.9 Å². The van der Waals surface area contributed by atoms with Crippen LogP contribution in [-0.2, 0) is 10.8 Å². The Morgan fingerprint density at radius 2 is 1.35 bits per heavy atom. The highest BCUT2D eigenvalue weighted by Gasteiger charge is 2.43. The van der Waals surface area contributed by atoms with Crippen LogP contribution in [0.15, 0.2) is 97.1 Å². The third-order valence-corrected chi connectivity index (χ3v) is 9.00. The highest BCUT2D eigenvalue weighted by Crippen LogP contribution is 2.57. The van der Waals surface area contributed by atoms with Crippen molar-refractivity contribution in [3.8, 4) is 23.3 Å². The van der Waals surface area contributed by atoms with Gasteiger partial charge in [-0.3, -0.25) is 0 Å². The van der Waals surface area contributed by atoms with Crippen LogP contribution in [0.1, 0.15) is 99.8 Å². The first-order chi connectivity index (χ1) is 21.8. The molecule has 46 heavy (non-hydrogen) atoms. The molecule has 5 aromatic carbocycles. The Balaban J connectivity index is 0.00000134. The molecule has 6 rings (SSSR count). The smallest absolute Gasteiger partial charge is 0.136 e. The molecule has 236 valence electrons. The van der Waals surface area contributed by atoms with Crippen molar-refractivity contribution in [3.05, 3.63) is 135 Å². The summed E-state index contributed by atoms with van der Waals surface area (Å²) in [6.07, 6.45) is -0.519. The summed E-state index contributed by atoms with van der Waals surface area (Å²) in [6, 6.07) is 34.1. The Bertz CT molecular complexity index is 1890. The highest BCUT2D eigenvalue weighted by atomic mass is 35.5. The molecule has 1 aliphatic heterocycles. The topological polar surface area (TPSA) is 73.5 Å². The van der Waals surface area contributed by atoms with Gasteiger partial charge in [0.1, 0.15) is 23.4 Å². The molecule has 3 atom stereocenters. The fourth-order valence-corrected chi connectivity index (χ4v) is 6.89. The van der Waals surface area contributed by atoms with Crippen LogP contribution in [0.4, 0.5) is 0 Å². The van der Waals surface area contributed by atoms with Gasteiger partial charge in [0.25, 0.3) is 0 Å². The van der Waals surface area contributed by atoms with E-state index in [-0.39, 0.29) is 28.4 Å². The minimum Gasteiger partial charge on any atom is -0.508 e. The van der Waals surface area contributed by atoms with Crippen molar-refractivity contribution >= 4 is 22.4 Å². The lowest BCUT2D eigenvalue weighted by molar-refractivity contribution is 0.139. The summed E-state index contributed by atoms with van der Waals surface area (Å²) in [6.45, 7) is 14.3.